The zero-order chi connectivity index (χ0) is 10.0. The Morgan fingerprint density at radius 2 is 2.00 bits per heavy atom. The summed E-state index contributed by atoms with van der Waals surface area (Å²) in [5, 5.41) is 0. The molecule has 0 radical (unpaired) electrons. The average Bonchev–Trinajstić information content (AvgIpc) is 2.02. The summed E-state index contributed by atoms with van der Waals surface area (Å²) in [5.41, 5.74) is 7.78. The van der Waals surface area contributed by atoms with Gasteiger partial charge in [-0.3, -0.25) is 4.79 Å². The lowest BCUT2D eigenvalue weighted by atomic mass is 10.1. The highest BCUT2D eigenvalue weighted by molar-refractivity contribution is 5.99. The van der Waals surface area contributed by atoms with Crippen molar-refractivity contribution in [2.24, 2.45) is 5.73 Å². The minimum absolute atomic E-state index is 0.382. The number of carbonyl (C=O) groups excluding carboxylic acids is 1. The van der Waals surface area contributed by atoms with Crippen LogP contribution in [0.5, 0.6) is 0 Å². The van der Waals surface area contributed by atoms with Crippen molar-refractivity contribution >= 4 is 11.6 Å². The van der Waals surface area contributed by atoms with Crippen LogP contribution in [0.15, 0.2) is 18.2 Å². The normalized spacial score (nSPS) is 9.77. The van der Waals surface area contributed by atoms with Crippen LogP contribution in [0.25, 0.3) is 0 Å². The molecule has 0 atom stereocenters. The van der Waals surface area contributed by atoms with Crippen molar-refractivity contribution in [3.63, 3.8) is 0 Å². The lowest BCUT2D eigenvalue weighted by molar-refractivity contribution is 0.100. The molecule has 0 saturated heterocycles. The van der Waals surface area contributed by atoms with Crippen molar-refractivity contribution in [2.45, 2.75) is 6.92 Å². The predicted molar refractivity (Wildman–Crippen MR) is 54.0 cm³/mol. The molecule has 0 spiro atoms. The fourth-order valence-electron chi connectivity index (χ4n) is 1.45. The first kappa shape index (κ1) is 9.58. The Kier molecular flexibility index (Phi) is 2.56. The third kappa shape index (κ3) is 1.80. The van der Waals surface area contributed by atoms with Gasteiger partial charge in [-0.1, -0.05) is 12.1 Å². The quantitative estimate of drug-likeness (QED) is 0.738. The molecule has 3 heteroatoms. The van der Waals surface area contributed by atoms with Crippen LogP contribution in [-0.2, 0) is 0 Å². The first-order chi connectivity index (χ1) is 6.04. The van der Waals surface area contributed by atoms with Gasteiger partial charge >= 0.3 is 0 Å². The molecule has 0 saturated carbocycles. The Balaban J connectivity index is 3.34. The summed E-state index contributed by atoms with van der Waals surface area (Å²) < 4.78 is 0. The molecule has 0 aromatic heterocycles. The standard InChI is InChI=1S/C10H14N2O/c1-7-5-4-6-8(10(11)13)9(7)12(2)3/h4-6H,1-3H3,(H2,11,13). The maximum Gasteiger partial charge on any atom is 0.250 e. The summed E-state index contributed by atoms with van der Waals surface area (Å²) in [4.78, 5) is 13.0. The first-order valence-electron chi connectivity index (χ1n) is 4.10. The van der Waals surface area contributed by atoms with Crippen LogP contribution in [0.1, 0.15) is 15.9 Å². The van der Waals surface area contributed by atoms with E-state index in [9.17, 15) is 4.79 Å². The van der Waals surface area contributed by atoms with Gasteiger partial charge in [0.05, 0.1) is 11.3 Å². The lowest BCUT2D eigenvalue weighted by Gasteiger charge is -2.18. The van der Waals surface area contributed by atoms with Gasteiger partial charge < -0.3 is 10.6 Å². The summed E-state index contributed by atoms with van der Waals surface area (Å²) in [5.74, 6) is -0.382. The number of hydrogen-bond acceptors (Lipinski definition) is 2. The van der Waals surface area contributed by atoms with Gasteiger partial charge in [0, 0.05) is 14.1 Å². The van der Waals surface area contributed by atoms with Crippen LogP contribution < -0.4 is 10.6 Å². The van der Waals surface area contributed by atoms with Crippen molar-refractivity contribution in [3.05, 3.63) is 29.3 Å². The van der Waals surface area contributed by atoms with E-state index in [2.05, 4.69) is 0 Å². The predicted octanol–water partition coefficient (Wildman–Crippen LogP) is 1.16. The van der Waals surface area contributed by atoms with Crippen molar-refractivity contribution < 1.29 is 4.79 Å². The zero-order valence-corrected chi connectivity index (χ0v) is 8.16. The van der Waals surface area contributed by atoms with E-state index in [0.29, 0.717) is 5.56 Å². The molecule has 70 valence electrons. The molecule has 0 aliphatic carbocycles. The summed E-state index contributed by atoms with van der Waals surface area (Å²) >= 11 is 0. The molecule has 1 amide bonds. The Labute approximate surface area is 78.2 Å². The third-order valence-electron chi connectivity index (χ3n) is 1.95. The molecule has 1 aromatic carbocycles. The van der Waals surface area contributed by atoms with E-state index in [0.717, 1.165) is 11.3 Å². The number of anilines is 1. The number of para-hydroxylation sites is 1. The molecule has 2 N–H and O–H groups in total. The number of amides is 1. The van der Waals surface area contributed by atoms with Crippen molar-refractivity contribution in [1.29, 1.82) is 0 Å². The summed E-state index contributed by atoms with van der Waals surface area (Å²) in [6.45, 7) is 1.96. The molecule has 1 rings (SSSR count). The highest BCUT2D eigenvalue weighted by Crippen LogP contribution is 2.22. The molecule has 0 bridgehead atoms. The van der Waals surface area contributed by atoms with Gasteiger partial charge in [0.25, 0.3) is 5.91 Å². The van der Waals surface area contributed by atoms with Crippen LogP contribution >= 0.6 is 0 Å². The highest BCUT2D eigenvalue weighted by Gasteiger charge is 2.10. The second-order valence-corrected chi connectivity index (χ2v) is 3.23. The number of benzene rings is 1. The van der Waals surface area contributed by atoms with Crippen molar-refractivity contribution in [2.75, 3.05) is 19.0 Å². The van der Waals surface area contributed by atoms with E-state index < -0.39 is 0 Å². The van der Waals surface area contributed by atoms with E-state index in [1.807, 2.05) is 38.1 Å². The maximum atomic E-state index is 11.1. The molecule has 0 aliphatic rings. The second kappa shape index (κ2) is 3.47. The van der Waals surface area contributed by atoms with E-state index in [1.165, 1.54) is 0 Å². The van der Waals surface area contributed by atoms with Crippen LogP contribution in [0, 0.1) is 6.92 Å². The molecule has 13 heavy (non-hydrogen) atoms. The largest absolute Gasteiger partial charge is 0.377 e. The molecule has 0 unspecified atom stereocenters. The van der Waals surface area contributed by atoms with E-state index >= 15 is 0 Å². The molecule has 0 aliphatic heterocycles. The number of primary amides is 1. The molecule has 1 aromatic rings. The van der Waals surface area contributed by atoms with Crippen molar-refractivity contribution in [3.8, 4) is 0 Å². The van der Waals surface area contributed by atoms with Crippen LogP contribution in [0.4, 0.5) is 5.69 Å². The summed E-state index contributed by atoms with van der Waals surface area (Å²) in [6, 6.07) is 5.54. The topological polar surface area (TPSA) is 46.3 Å². The molecule has 3 nitrogen and oxygen atoms in total. The zero-order valence-electron chi connectivity index (χ0n) is 8.16. The minimum atomic E-state index is -0.382. The number of carbonyl (C=O) groups is 1. The van der Waals surface area contributed by atoms with Gasteiger partial charge in [0.1, 0.15) is 0 Å². The Morgan fingerprint density at radius 3 is 2.38 bits per heavy atom. The fraction of sp³-hybridized carbons (Fsp3) is 0.300. The van der Waals surface area contributed by atoms with Gasteiger partial charge in [0.15, 0.2) is 0 Å². The number of nitrogens with zero attached hydrogens (tertiary/aromatic N) is 1. The third-order valence-corrected chi connectivity index (χ3v) is 1.95. The molecule has 0 heterocycles. The smallest absolute Gasteiger partial charge is 0.250 e. The molecular formula is C10H14N2O. The first-order valence-corrected chi connectivity index (χ1v) is 4.10. The fourth-order valence-corrected chi connectivity index (χ4v) is 1.45. The monoisotopic (exact) mass is 178 g/mol. The minimum Gasteiger partial charge on any atom is -0.377 e. The number of aryl methyl sites for hydroxylation is 1. The Hall–Kier alpha value is -1.51. The number of hydrogen-bond donors (Lipinski definition) is 1. The number of nitrogens with two attached hydrogens (primary N) is 1. The lowest BCUT2D eigenvalue weighted by Crippen LogP contribution is -2.19. The molecule has 0 fully saturated rings. The highest BCUT2D eigenvalue weighted by atomic mass is 16.1. The summed E-state index contributed by atoms with van der Waals surface area (Å²) in [6.07, 6.45) is 0. The van der Waals surface area contributed by atoms with E-state index in [4.69, 9.17) is 5.73 Å². The maximum absolute atomic E-state index is 11.1. The van der Waals surface area contributed by atoms with Crippen LogP contribution in [-0.4, -0.2) is 20.0 Å². The van der Waals surface area contributed by atoms with E-state index in [-0.39, 0.29) is 5.91 Å². The van der Waals surface area contributed by atoms with Gasteiger partial charge in [-0.05, 0) is 18.6 Å². The Bertz CT molecular complexity index is 332. The van der Waals surface area contributed by atoms with Crippen LogP contribution in [0.3, 0.4) is 0 Å². The van der Waals surface area contributed by atoms with Crippen LogP contribution in [0.2, 0.25) is 0 Å². The van der Waals surface area contributed by atoms with Gasteiger partial charge in [-0.2, -0.15) is 0 Å². The second-order valence-electron chi connectivity index (χ2n) is 3.23. The van der Waals surface area contributed by atoms with E-state index in [1.54, 1.807) is 6.07 Å². The van der Waals surface area contributed by atoms with Gasteiger partial charge in [0.2, 0.25) is 0 Å². The SMILES string of the molecule is Cc1cccc(C(N)=O)c1N(C)C. The Morgan fingerprint density at radius 1 is 1.38 bits per heavy atom. The summed E-state index contributed by atoms with van der Waals surface area (Å²) in [7, 11) is 3.80. The number of rotatable bonds is 2. The average molecular weight is 178 g/mol. The molecular weight excluding hydrogens is 164 g/mol. The van der Waals surface area contributed by atoms with Crippen molar-refractivity contribution in [1.82, 2.24) is 0 Å². The van der Waals surface area contributed by atoms with Gasteiger partial charge in [-0.15, -0.1) is 0 Å². The van der Waals surface area contributed by atoms with Gasteiger partial charge in [-0.25, -0.2) is 0 Å².